The van der Waals surface area contributed by atoms with Crippen molar-refractivity contribution >= 4 is 11.8 Å². The zero-order valence-electron chi connectivity index (χ0n) is 12.7. The van der Waals surface area contributed by atoms with Crippen LogP contribution >= 0.6 is 11.8 Å². The second kappa shape index (κ2) is 7.48. The minimum Gasteiger partial charge on any atom is -0.396 e. The van der Waals surface area contributed by atoms with Gasteiger partial charge in [-0.3, -0.25) is 0 Å². The van der Waals surface area contributed by atoms with E-state index in [4.69, 9.17) is 5.11 Å². The number of fused-ring (bicyclic) bond motifs is 1. The van der Waals surface area contributed by atoms with Crippen LogP contribution in [0.25, 0.3) is 0 Å². The fourth-order valence-corrected chi connectivity index (χ4v) is 3.80. The van der Waals surface area contributed by atoms with E-state index in [9.17, 15) is 0 Å². The Kier molecular flexibility index (Phi) is 5.94. The molecule has 1 aliphatic carbocycles. The summed E-state index contributed by atoms with van der Waals surface area (Å²) >= 11 is 1.92. The molecule has 0 saturated heterocycles. The summed E-state index contributed by atoms with van der Waals surface area (Å²) in [6, 6.07) is 9.41. The molecule has 0 heterocycles. The van der Waals surface area contributed by atoms with Crippen molar-refractivity contribution in [2.45, 2.75) is 44.6 Å². The van der Waals surface area contributed by atoms with Crippen LogP contribution in [-0.2, 0) is 5.41 Å². The van der Waals surface area contributed by atoms with Gasteiger partial charge >= 0.3 is 0 Å². The van der Waals surface area contributed by atoms with E-state index in [-0.39, 0.29) is 0 Å². The molecule has 0 fully saturated rings. The van der Waals surface area contributed by atoms with Gasteiger partial charge in [0.1, 0.15) is 0 Å². The molecule has 1 unspecified atom stereocenters. The van der Waals surface area contributed by atoms with Crippen LogP contribution in [0.15, 0.2) is 24.3 Å². The first-order valence-corrected chi connectivity index (χ1v) is 8.82. The Hall–Kier alpha value is -0.510. The molecule has 1 atom stereocenters. The molecule has 20 heavy (non-hydrogen) atoms. The molecule has 0 bridgehead atoms. The third-order valence-corrected chi connectivity index (χ3v) is 5.28. The topological polar surface area (TPSA) is 32.3 Å². The van der Waals surface area contributed by atoms with Crippen LogP contribution in [-0.4, -0.2) is 29.8 Å². The lowest BCUT2D eigenvalue weighted by atomic mass is 9.71. The third-order valence-electron chi connectivity index (χ3n) is 4.21. The van der Waals surface area contributed by atoms with Crippen LogP contribution < -0.4 is 5.32 Å². The Bertz CT molecular complexity index is 419. The van der Waals surface area contributed by atoms with Gasteiger partial charge in [-0.2, -0.15) is 11.8 Å². The van der Waals surface area contributed by atoms with Crippen LogP contribution in [0.1, 0.15) is 50.3 Å². The van der Waals surface area contributed by atoms with Gasteiger partial charge in [0.15, 0.2) is 0 Å². The van der Waals surface area contributed by atoms with Crippen molar-refractivity contribution in [2.75, 3.05) is 24.7 Å². The Morgan fingerprint density at radius 1 is 1.30 bits per heavy atom. The van der Waals surface area contributed by atoms with Crippen molar-refractivity contribution in [3.05, 3.63) is 35.4 Å². The van der Waals surface area contributed by atoms with Crippen LogP contribution in [0.2, 0.25) is 0 Å². The van der Waals surface area contributed by atoms with E-state index in [0.717, 1.165) is 24.5 Å². The van der Waals surface area contributed by atoms with E-state index in [1.54, 1.807) is 0 Å². The zero-order chi connectivity index (χ0) is 14.4. The molecule has 1 aliphatic rings. The van der Waals surface area contributed by atoms with E-state index in [1.807, 2.05) is 11.8 Å². The lowest BCUT2D eigenvalue weighted by molar-refractivity contribution is 0.296. The van der Waals surface area contributed by atoms with Crippen LogP contribution in [0.4, 0.5) is 0 Å². The van der Waals surface area contributed by atoms with Gasteiger partial charge in [-0.25, -0.2) is 0 Å². The van der Waals surface area contributed by atoms with Gasteiger partial charge < -0.3 is 10.4 Å². The molecule has 0 spiro atoms. The van der Waals surface area contributed by atoms with E-state index in [0.29, 0.717) is 18.1 Å². The molecule has 2 N–H and O–H groups in total. The number of nitrogens with one attached hydrogen (secondary N) is 1. The normalized spacial score (nSPS) is 20.6. The summed E-state index contributed by atoms with van der Waals surface area (Å²) in [7, 11) is 0. The number of hydrogen-bond acceptors (Lipinski definition) is 3. The highest BCUT2D eigenvalue weighted by atomic mass is 32.2. The van der Waals surface area contributed by atoms with Gasteiger partial charge in [-0.1, -0.05) is 38.1 Å². The van der Waals surface area contributed by atoms with E-state index < -0.39 is 0 Å². The summed E-state index contributed by atoms with van der Waals surface area (Å²) in [6.07, 6.45) is 3.38. The number of aliphatic hydroxyl groups excluding tert-OH is 1. The number of thioether (sulfide) groups is 1. The van der Waals surface area contributed by atoms with E-state index in [2.05, 4.69) is 43.4 Å². The molecule has 0 radical (unpaired) electrons. The zero-order valence-corrected chi connectivity index (χ0v) is 13.5. The Morgan fingerprint density at radius 2 is 2.10 bits per heavy atom. The summed E-state index contributed by atoms with van der Waals surface area (Å²) in [5.74, 6) is 2.19. The lowest BCUT2D eigenvalue weighted by Gasteiger charge is -2.37. The molecule has 1 aromatic carbocycles. The van der Waals surface area contributed by atoms with Gasteiger partial charge in [0, 0.05) is 24.9 Å². The maximum atomic E-state index is 8.76. The number of aliphatic hydroxyl groups is 1. The lowest BCUT2D eigenvalue weighted by Crippen LogP contribution is -2.33. The van der Waals surface area contributed by atoms with E-state index in [1.165, 1.54) is 24.0 Å². The predicted octanol–water partition coefficient (Wildman–Crippen LogP) is 3.50. The van der Waals surface area contributed by atoms with Crippen molar-refractivity contribution in [2.24, 2.45) is 0 Å². The summed E-state index contributed by atoms with van der Waals surface area (Å²) in [4.78, 5) is 0. The van der Waals surface area contributed by atoms with Gasteiger partial charge in [0.05, 0.1) is 0 Å². The summed E-state index contributed by atoms with van der Waals surface area (Å²) in [6.45, 7) is 6.07. The summed E-state index contributed by atoms with van der Waals surface area (Å²) in [5.41, 5.74) is 3.31. The minimum absolute atomic E-state index is 0.310. The van der Waals surface area contributed by atoms with Crippen molar-refractivity contribution in [1.82, 2.24) is 5.32 Å². The van der Waals surface area contributed by atoms with Gasteiger partial charge in [-0.15, -0.1) is 0 Å². The van der Waals surface area contributed by atoms with Crippen LogP contribution in [0.3, 0.4) is 0 Å². The monoisotopic (exact) mass is 293 g/mol. The van der Waals surface area contributed by atoms with Crippen LogP contribution in [0.5, 0.6) is 0 Å². The first kappa shape index (κ1) is 15.9. The largest absolute Gasteiger partial charge is 0.396 e. The van der Waals surface area contributed by atoms with E-state index >= 15 is 0 Å². The maximum Gasteiger partial charge on any atom is 0.0438 e. The minimum atomic E-state index is 0.310. The van der Waals surface area contributed by atoms with Crippen LogP contribution in [0, 0.1) is 0 Å². The standard InChI is InChI=1S/C17H27NOS/c1-17(2)9-8-16(14-6-3-4-7-15(14)17)18-10-13-20-12-5-11-19/h3-4,6-7,16,18-19H,5,8-13H2,1-2H3. The molecule has 2 rings (SSSR count). The smallest absolute Gasteiger partial charge is 0.0438 e. The molecule has 0 amide bonds. The number of benzene rings is 1. The molecule has 0 saturated carbocycles. The first-order chi connectivity index (χ1) is 9.65. The highest BCUT2D eigenvalue weighted by Gasteiger charge is 2.31. The van der Waals surface area contributed by atoms with Crippen molar-refractivity contribution in [3.63, 3.8) is 0 Å². The van der Waals surface area contributed by atoms with Gasteiger partial charge in [0.2, 0.25) is 0 Å². The molecule has 2 nitrogen and oxygen atoms in total. The molecular weight excluding hydrogens is 266 g/mol. The highest BCUT2D eigenvalue weighted by Crippen LogP contribution is 2.41. The number of rotatable bonds is 7. The quantitative estimate of drug-likeness (QED) is 0.755. The molecule has 0 aliphatic heterocycles. The fourth-order valence-electron chi connectivity index (χ4n) is 3.00. The Balaban J connectivity index is 1.87. The molecule has 0 aromatic heterocycles. The van der Waals surface area contributed by atoms with Crippen molar-refractivity contribution in [3.8, 4) is 0 Å². The molecule has 1 aromatic rings. The maximum absolute atomic E-state index is 8.76. The number of hydrogen-bond donors (Lipinski definition) is 2. The first-order valence-electron chi connectivity index (χ1n) is 7.66. The predicted molar refractivity (Wildman–Crippen MR) is 88.5 cm³/mol. The average Bonchev–Trinajstić information content (AvgIpc) is 2.45. The van der Waals surface area contributed by atoms with Gasteiger partial charge in [-0.05, 0) is 41.6 Å². The third kappa shape index (κ3) is 4.00. The SMILES string of the molecule is CC1(C)CCC(NCCSCCCO)c2ccccc21. The second-order valence-electron chi connectivity index (χ2n) is 6.21. The van der Waals surface area contributed by atoms with Crippen molar-refractivity contribution < 1.29 is 5.11 Å². The second-order valence-corrected chi connectivity index (χ2v) is 7.43. The molecular formula is C17H27NOS. The van der Waals surface area contributed by atoms with Gasteiger partial charge in [0.25, 0.3) is 0 Å². The summed E-state index contributed by atoms with van der Waals surface area (Å²) in [5, 5.41) is 12.5. The summed E-state index contributed by atoms with van der Waals surface area (Å²) < 4.78 is 0. The molecule has 112 valence electrons. The Labute approximate surface area is 127 Å². The fraction of sp³-hybridized carbons (Fsp3) is 0.647. The van der Waals surface area contributed by atoms with Crippen molar-refractivity contribution in [1.29, 1.82) is 0 Å². The average molecular weight is 293 g/mol. The Morgan fingerprint density at radius 3 is 2.90 bits per heavy atom. The molecule has 3 heteroatoms. The highest BCUT2D eigenvalue weighted by molar-refractivity contribution is 7.99.